The number of hydrogen-bond donors (Lipinski definition) is 1. The molecule has 102 valence electrons. The van der Waals surface area contributed by atoms with Gasteiger partial charge in [0.15, 0.2) is 0 Å². The third-order valence-corrected chi connectivity index (χ3v) is 2.98. The lowest BCUT2D eigenvalue weighted by atomic mass is 9.99. The molecule has 1 aromatic rings. The van der Waals surface area contributed by atoms with Crippen LogP contribution in [0.5, 0.6) is 0 Å². The van der Waals surface area contributed by atoms with E-state index in [4.69, 9.17) is 4.74 Å². The maximum atomic E-state index is 5.91. The number of nitrogens with one attached hydrogen (secondary N) is 1. The summed E-state index contributed by atoms with van der Waals surface area (Å²) < 4.78 is 5.91. The molecule has 0 saturated heterocycles. The Hall–Kier alpha value is -0.930. The zero-order chi connectivity index (χ0) is 13.2. The van der Waals surface area contributed by atoms with E-state index >= 15 is 0 Å². The molecule has 0 aromatic carbocycles. The van der Waals surface area contributed by atoms with Crippen molar-refractivity contribution >= 4 is 0 Å². The van der Waals surface area contributed by atoms with E-state index in [2.05, 4.69) is 37.1 Å². The third-order valence-electron chi connectivity index (χ3n) is 2.98. The lowest BCUT2D eigenvalue weighted by Gasteiger charge is -2.28. The molecule has 2 atom stereocenters. The SMILES string of the molecule is CCCNC(c1cccnc1)C(CCC)OCC. The van der Waals surface area contributed by atoms with Crippen molar-refractivity contribution in [2.75, 3.05) is 13.2 Å². The summed E-state index contributed by atoms with van der Waals surface area (Å²) in [4.78, 5) is 4.22. The first-order valence-electron chi connectivity index (χ1n) is 7.08. The summed E-state index contributed by atoms with van der Waals surface area (Å²) in [6.45, 7) is 8.21. The standard InChI is InChI=1S/C15H26N2O/c1-4-8-14(18-6-3)15(17-10-5-2)13-9-7-11-16-12-13/h7,9,11-12,14-15,17H,4-6,8,10H2,1-3H3. The number of rotatable bonds is 9. The quantitative estimate of drug-likeness (QED) is 0.730. The predicted molar refractivity (Wildman–Crippen MR) is 75.6 cm³/mol. The van der Waals surface area contributed by atoms with Crippen LogP contribution in [0.25, 0.3) is 0 Å². The number of ether oxygens (including phenoxy) is 1. The molecule has 0 saturated carbocycles. The summed E-state index contributed by atoms with van der Waals surface area (Å²) in [5, 5.41) is 3.59. The van der Waals surface area contributed by atoms with E-state index in [-0.39, 0.29) is 12.1 Å². The van der Waals surface area contributed by atoms with Gasteiger partial charge in [0, 0.05) is 19.0 Å². The van der Waals surface area contributed by atoms with Gasteiger partial charge in [-0.05, 0) is 37.9 Å². The van der Waals surface area contributed by atoms with Crippen LogP contribution in [0.2, 0.25) is 0 Å². The lowest BCUT2D eigenvalue weighted by molar-refractivity contribution is 0.0275. The van der Waals surface area contributed by atoms with E-state index in [1.165, 1.54) is 5.56 Å². The summed E-state index contributed by atoms with van der Waals surface area (Å²) in [5.41, 5.74) is 1.22. The van der Waals surface area contributed by atoms with Crippen LogP contribution >= 0.6 is 0 Å². The molecule has 0 bridgehead atoms. The van der Waals surface area contributed by atoms with Crippen LogP contribution in [0.4, 0.5) is 0 Å². The summed E-state index contributed by atoms with van der Waals surface area (Å²) in [6, 6.07) is 4.37. The first-order chi connectivity index (χ1) is 8.83. The molecule has 0 amide bonds. The minimum Gasteiger partial charge on any atom is -0.377 e. The molecule has 3 nitrogen and oxygen atoms in total. The first-order valence-corrected chi connectivity index (χ1v) is 7.08. The van der Waals surface area contributed by atoms with Crippen molar-refractivity contribution in [3.63, 3.8) is 0 Å². The highest BCUT2D eigenvalue weighted by Gasteiger charge is 2.22. The predicted octanol–water partition coefficient (Wildman–Crippen LogP) is 3.33. The molecule has 2 unspecified atom stereocenters. The van der Waals surface area contributed by atoms with Crippen molar-refractivity contribution in [3.05, 3.63) is 30.1 Å². The lowest BCUT2D eigenvalue weighted by Crippen LogP contribution is -2.34. The van der Waals surface area contributed by atoms with Crippen LogP contribution in [0.3, 0.4) is 0 Å². The fraction of sp³-hybridized carbons (Fsp3) is 0.667. The van der Waals surface area contributed by atoms with Crippen molar-refractivity contribution in [1.29, 1.82) is 0 Å². The van der Waals surface area contributed by atoms with E-state index in [9.17, 15) is 0 Å². The van der Waals surface area contributed by atoms with E-state index in [1.807, 2.05) is 18.5 Å². The highest BCUT2D eigenvalue weighted by atomic mass is 16.5. The molecule has 3 heteroatoms. The highest BCUT2D eigenvalue weighted by molar-refractivity contribution is 5.15. The molecule has 18 heavy (non-hydrogen) atoms. The maximum absolute atomic E-state index is 5.91. The van der Waals surface area contributed by atoms with Gasteiger partial charge < -0.3 is 10.1 Å². The topological polar surface area (TPSA) is 34.2 Å². The van der Waals surface area contributed by atoms with Gasteiger partial charge in [-0.15, -0.1) is 0 Å². The average Bonchev–Trinajstić information content (AvgIpc) is 2.41. The normalized spacial score (nSPS) is 14.4. The Morgan fingerprint density at radius 1 is 1.28 bits per heavy atom. The molecule has 1 aromatic heterocycles. The zero-order valence-corrected chi connectivity index (χ0v) is 11.9. The Balaban J connectivity index is 2.80. The smallest absolute Gasteiger partial charge is 0.0770 e. The van der Waals surface area contributed by atoms with E-state index in [1.54, 1.807) is 0 Å². The summed E-state index contributed by atoms with van der Waals surface area (Å²) >= 11 is 0. The molecular formula is C15H26N2O. The Morgan fingerprint density at radius 2 is 2.11 bits per heavy atom. The van der Waals surface area contributed by atoms with Gasteiger partial charge in [0.2, 0.25) is 0 Å². The molecular weight excluding hydrogens is 224 g/mol. The summed E-state index contributed by atoms with van der Waals surface area (Å²) in [5.74, 6) is 0. The van der Waals surface area contributed by atoms with Gasteiger partial charge in [-0.2, -0.15) is 0 Å². The van der Waals surface area contributed by atoms with Gasteiger partial charge >= 0.3 is 0 Å². The van der Waals surface area contributed by atoms with E-state index in [0.717, 1.165) is 32.4 Å². The number of hydrogen-bond acceptors (Lipinski definition) is 3. The molecule has 1 heterocycles. The number of nitrogens with zero attached hydrogens (tertiary/aromatic N) is 1. The average molecular weight is 250 g/mol. The highest BCUT2D eigenvalue weighted by Crippen LogP contribution is 2.22. The Morgan fingerprint density at radius 3 is 2.67 bits per heavy atom. The van der Waals surface area contributed by atoms with Gasteiger partial charge in [-0.3, -0.25) is 4.98 Å². The second-order valence-electron chi connectivity index (χ2n) is 4.50. The van der Waals surface area contributed by atoms with Crippen molar-refractivity contribution in [2.24, 2.45) is 0 Å². The summed E-state index contributed by atoms with van der Waals surface area (Å²) in [7, 11) is 0. The van der Waals surface area contributed by atoms with Crippen molar-refractivity contribution in [3.8, 4) is 0 Å². The van der Waals surface area contributed by atoms with Gasteiger partial charge in [0.1, 0.15) is 0 Å². The fourth-order valence-corrected chi connectivity index (χ4v) is 2.17. The van der Waals surface area contributed by atoms with Crippen LogP contribution in [-0.2, 0) is 4.74 Å². The van der Waals surface area contributed by atoms with Gasteiger partial charge in [0.05, 0.1) is 12.1 Å². The van der Waals surface area contributed by atoms with Crippen LogP contribution in [0.1, 0.15) is 51.6 Å². The van der Waals surface area contributed by atoms with Gasteiger partial charge in [-0.25, -0.2) is 0 Å². The molecule has 1 N–H and O–H groups in total. The molecule has 0 aliphatic carbocycles. The Kier molecular flexibility index (Phi) is 7.62. The molecule has 0 aliphatic heterocycles. The minimum atomic E-state index is 0.232. The number of aromatic nitrogens is 1. The van der Waals surface area contributed by atoms with Crippen molar-refractivity contribution in [2.45, 2.75) is 52.2 Å². The maximum Gasteiger partial charge on any atom is 0.0770 e. The van der Waals surface area contributed by atoms with Crippen molar-refractivity contribution < 1.29 is 4.74 Å². The second kappa shape index (κ2) is 9.06. The summed E-state index contributed by atoms with van der Waals surface area (Å²) in [6.07, 6.45) is 7.32. The van der Waals surface area contributed by atoms with Gasteiger partial charge in [0.25, 0.3) is 0 Å². The van der Waals surface area contributed by atoms with Crippen LogP contribution in [0.15, 0.2) is 24.5 Å². The largest absolute Gasteiger partial charge is 0.377 e. The molecule has 0 fully saturated rings. The first kappa shape index (κ1) is 15.1. The third kappa shape index (κ3) is 4.75. The van der Waals surface area contributed by atoms with Gasteiger partial charge in [-0.1, -0.05) is 26.3 Å². The van der Waals surface area contributed by atoms with E-state index in [0.29, 0.717) is 0 Å². The Labute approximate surface area is 111 Å². The second-order valence-corrected chi connectivity index (χ2v) is 4.50. The fourth-order valence-electron chi connectivity index (χ4n) is 2.17. The molecule has 1 rings (SSSR count). The molecule has 0 spiro atoms. The minimum absolute atomic E-state index is 0.232. The molecule has 0 aliphatic rings. The van der Waals surface area contributed by atoms with Crippen LogP contribution in [-0.4, -0.2) is 24.2 Å². The monoisotopic (exact) mass is 250 g/mol. The van der Waals surface area contributed by atoms with Crippen LogP contribution < -0.4 is 5.32 Å². The van der Waals surface area contributed by atoms with Crippen molar-refractivity contribution in [1.82, 2.24) is 10.3 Å². The van der Waals surface area contributed by atoms with Crippen LogP contribution in [0, 0.1) is 0 Å². The zero-order valence-electron chi connectivity index (χ0n) is 11.9. The molecule has 0 radical (unpaired) electrons. The Bertz CT molecular complexity index is 297. The van der Waals surface area contributed by atoms with E-state index < -0.39 is 0 Å². The number of pyridine rings is 1.